The van der Waals surface area contributed by atoms with E-state index in [0.29, 0.717) is 19.0 Å². The van der Waals surface area contributed by atoms with E-state index in [0.717, 1.165) is 21.3 Å². The van der Waals surface area contributed by atoms with Gasteiger partial charge in [-0.15, -0.1) is 0 Å². The summed E-state index contributed by atoms with van der Waals surface area (Å²) < 4.78 is 12.4. The van der Waals surface area contributed by atoms with Gasteiger partial charge in [0.1, 0.15) is 24.7 Å². The van der Waals surface area contributed by atoms with E-state index < -0.39 is 6.10 Å². The number of halogens is 1. The van der Waals surface area contributed by atoms with Gasteiger partial charge in [0, 0.05) is 10.0 Å². The third-order valence-electron chi connectivity index (χ3n) is 3.04. The molecule has 0 radical (unpaired) electrons. The summed E-state index contributed by atoms with van der Waals surface area (Å²) in [5.41, 5.74) is 1.90. The SMILES string of the molecule is Cc1ccc([C@H](C)O)c(OCCOc2ccc(Br)cc2)c1. The van der Waals surface area contributed by atoms with Gasteiger partial charge in [-0.1, -0.05) is 28.1 Å². The lowest BCUT2D eigenvalue weighted by atomic mass is 10.1. The van der Waals surface area contributed by atoms with Gasteiger partial charge in [0.05, 0.1) is 6.10 Å². The van der Waals surface area contributed by atoms with Crippen molar-refractivity contribution in [3.63, 3.8) is 0 Å². The van der Waals surface area contributed by atoms with Gasteiger partial charge in [-0.25, -0.2) is 0 Å². The van der Waals surface area contributed by atoms with Crippen molar-refractivity contribution in [2.75, 3.05) is 13.2 Å². The van der Waals surface area contributed by atoms with Gasteiger partial charge in [-0.2, -0.15) is 0 Å². The Hall–Kier alpha value is -1.52. The van der Waals surface area contributed by atoms with Crippen LogP contribution in [0.5, 0.6) is 11.5 Å². The fourth-order valence-corrected chi connectivity index (χ4v) is 2.22. The van der Waals surface area contributed by atoms with Crippen molar-refractivity contribution in [3.05, 3.63) is 58.1 Å². The Bertz CT molecular complexity index is 579. The molecule has 0 bridgehead atoms. The van der Waals surface area contributed by atoms with Gasteiger partial charge in [0.25, 0.3) is 0 Å². The monoisotopic (exact) mass is 350 g/mol. The summed E-state index contributed by atoms with van der Waals surface area (Å²) in [5.74, 6) is 1.52. The van der Waals surface area contributed by atoms with Crippen molar-refractivity contribution >= 4 is 15.9 Å². The minimum absolute atomic E-state index is 0.430. The van der Waals surface area contributed by atoms with Crippen LogP contribution in [0.1, 0.15) is 24.2 Å². The Balaban J connectivity index is 1.88. The first-order valence-electron chi connectivity index (χ1n) is 6.86. The average Bonchev–Trinajstić information content (AvgIpc) is 2.45. The molecule has 0 aliphatic rings. The molecule has 0 saturated heterocycles. The van der Waals surface area contributed by atoms with E-state index in [9.17, 15) is 5.11 Å². The third kappa shape index (κ3) is 4.76. The molecule has 0 heterocycles. The second kappa shape index (κ2) is 7.48. The summed E-state index contributed by atoms with van der Waals surface area (Å²) in [4.78, 5) is 0. The molecule has 0 fully saturated rings. The number of rotatable bonds is 6. The van der Waals surface area contributed by atoms with Crippen LogP contribution in [-0.2, 0) is 0 Å². The number of ether oxygens (including phenoxy) is 2. The maximum atomic E-state index is 9.74. The molecule has 0 unspecified atom stereocenters. The summed E-state index contributed by atoms with van der Waals surface area (Å²) in [5, 5.41) is 9.74. The molecule has 0 spiro atoms. The molecule has 2 aromatic carbocycles. The molecule has 1 atom stereocenters. The molecule has 112 valence electrons. The van der Waals surface area contributed by atoms with Gasteiger partial charge in [-0.05, 0) is 49.7 Å². The fourth-order valence-electron chi connectivity index (χ4n) is 1.95. The van der Waals surface area contributed by atoms with Crippen LogP contribution < -0.4 is 9.47 Å². The Morgan fingerprint density at radius 3 is 2.38 bits per heavy atom. The van der Waals surface area contributed by atoms with E-state index in [4.69, 9.17) is 9.47 Å². The van der Waals surface area contributed by atoms with Crippen LogP contribution in [0.25, 0.3) is 0 Å². The van der Waals surface area contributed by atoms with E-state index in [2.05, 4.69) is 15.9 Å². The highest BCUT2D eigenvalue weighted by Gasteiger charge is 2.09. The molecule has 2 aromatic rings. The van der Waals surface area contributed by atoms with Crippen LogP contribution in [0.4, 0.5) is 0 Å². The second-order valence-electron chi connectivity index (χ2n) is 4.87. The predicted molar refractivity (Wildman–Crippen MR) is 86.9 cm³/mol. The molecule has 1 N–H and O–H groups in total. The minimum atomic E-state index is -0.548. The molecular formula is C17H19BrO3. The Kier molecular flexibility index (Phi) is 5.65. The van der Waals surface area contributed by atoms with Crippen molar-refractivity contribution in [2.24, 2.45) is 0 Å². The highest BCUT2D eigenvalue weighted by molar-refractivity contribution is 9.10. The first-order valence-corrected chi connectivity index (χ1v) is 7.65. The lowest BCUT2D eigenvalue weighted by Gasteiger charge is -2.14. The summed E-state index contributed by atoms with van der Waals surface area (Å²) >= 11 is 3.38. The van der Waals surface area contributed by atoms with Crippen molar-refractivity contribution in [3.8, 4) is 11.5 Å². The van der Waals surface area contributed by atoms with Gasteiger partial charge >= 0.3 is 0 Å². The largest absolute Gasteiger partial charge is 0.490 e. The topological polar surface area (TPSA) is 38.7 Å². The van der Waals surface area contributed by atoms with Crippen LogP contribution in [0, 0.1) is 6.92 Å². The zero-order valence-electron chi connectivity index (χ0n) is 12.2. The summed E-state index contributed by atoms with van der Waals surface area (Å²) in [6.07, 6.45) is -0.548. The number of aryl methyl sites for hydroxylation is 1. The van der Waals surface area contributed by atoms with E-state index >= 15 is 0 Å². The highest BCUT2D eigenvalue weighted by Crippen LogP contribution is 2.26. The van der Waals surface area contributed by atoms with Crippen molar-refractivity contribution in [1.82, 2.24) is 0 Å². The molecule has 2 rings (SSSR count). The maximum Gasteiger partial charge on any atom is 0.125 e. The normalized spacial score (nSPS) is 12.0. The van der Waals surface area contributed by atoms with Crippen LogP contribution in [0.2, 0.25) is 0 Å². The van der Waals surface area contributed by atoms with E-state index in [1.807, 2.05) is 49.4 Å². The van der Waals surface area contributed by atoms with E-state index in [-0.39, 0.29) is 0 Å². The number of hydrogen-bond acceptors (Lipinski definition) is 3. The second-order valence-corrected chi connectivity index (χ2v) is 5.78. The lowest BCUT2D eigenvalue weighted by Crippen LogP contribution is -2.10. The average molecular weight is 351 g/mol. The van der Waals surface area contributed by atoms with Gasteiger partial charge in [0.15, 0.2) is 0 Å². The Morgan fingerprint density at radius 2 is 1.71 bits per heavy atom. The van der Waals surface area contributed by atoms with Gasteiger partial charge < -0.3 is 14.6 Å². The van der Waals surface area contributed by atoms with Crippen LogP contribution in [0.15, 0.2) is 46.9 Å². The molecule has 0 amide bonds. The first-order chi connectivity index (χ1) is 10.1. The maximum absolute atomic E-state index is 9.74. The van der Waals surface area contributed by atoms with E-state index in [1.54, 1.807) is 6.92 Å². The zero-order chi connectivity index (χ0) is 15.2. The summed E-state index contributed by atoms with van der Waals surface area (Å²) in [6, 6.07) is 13.5. The van der Waals surface area contributed by atoms with Crippen molar-refractivity contribution < 1.29 is 14.6 Å². The molecule has 3 nitrogen and oxygen atoms in total. The molecule has 0 aliphatic carbocycles. The highest BCUT2D eigenvalue weighted by atomic mass is 79.9. The van der Waals surface area contributed by atoms with Crippen molar-refractivity contribution in [2.45, 2.75) is 20.0 Å². The van der Waals surface area contributed by atoms with E-state index in [1.165, 1.54) is 0 Å². The smallest absolute Gasteiger partial charge is 0.125 e. The van der Waals surface area contributed by atoms with Gasteiger partial charge in [0.2, 0.25) is 0 Å². The molecule has 0 aromatic heterocycles. The van der Waals surface area contributed by atoms with Crippen molar-refractivity contribution in [1.29, 1.82) is 0 Å². The van der Waals surface area contributed by atoms with Crippen LogP contribution in [0.3, 0.4) is 0 Å². The summed E-state index contributed by atoms with van der Waals surface area (Å²) in [6.45, 7) is 4.61. The minimum Gasteiger partial charge on any atom is -0.490 e. The molecule has 4 heteroatoms. The van der Waals surface area contributed by atoms with Crippen LogP contribution >= 0.6 is 15.9 Å². The number of aliphatic hydroxyl groups is 1. The predicted octanol–water partition coefficient (Wildman–Crippen LogP) is 4.27. The Morgan fingerprint density at radius 1 is 1.05 bits per heavy atom. The molecular weight excluding hydrogens is 332 g/mol. The molecule has 0 aliphatic heterocycles. The zero-order valence-corrected chi connectivity index (χ0v) is 13.8. The number of benzene rings is 2. The Labute approximate surface area is 133 Å². The fraction of sp³-hybridized carbons (Fsp3) is 0.294. The number of aliphatic hydroxyl groups excluding tert-OH is 1. The molecule has 0 saturated carbocycles. The number of hydrogen-bond donors (Lipinski definition) is 1. The first kappa shape index (κ1) is 15.9. The standard InChI is InChI=1S/C17H19BrO3/c1-12-3-8-16(13(2)19)17(11-12)21-10-9-20-15-6-4-14(18)5-7-15/h3-8,11,13,19H,9-10H2,1-2H3/t13-/m0/s1. The third-order valence-corrected chi connectivity index (χ3v) is 3.57. The van der Waals surface area contributed by atoms with Gasteiger partial charge in [-0.3, -0.25) is 0 Å². The lowest BCUT2D eigenvalue weighted by molar-refractivity contribution is 0.182. The van der Waals surface area contributed by atoms with Crippen LogP contribution in [-0.4, -0.2) is 18.3 Å². The quantitative estimate of drug-likeness (QED) is 0.790. The molecule has 21 heavy (non-hydrogen) atoms. The summed E-state index contributed by atoms with van der Waals surface area (Å²) in [7, 11) is 0.